The van der Waals surface area contributed by atoms with Crippen LogP contribution in [0, 0.1) is 22.2 Å². The van der Waals surface area contributed by atoms with E-state index >= 15 is 0 Å². The summed E-state index contributed by atoms with van der Waals surface area (Å²) in [6, 6.07) is 8.80. The van der Waals surface area contributed by atoms with E-state index in [1.807, 2.05) is 0 Å². The largest absolute Gasteiger partial charge is 0.464 e. The molecule has 1 aliphatic carbocycles. The molecular formula is C27H46O2. The molecule has 1 aliphatic rings. The Balaban J connectivity index is 2.15. The third-order valence-corrected chi connectivity index (χ3v) is 6.87. The molecule has 0 amide bonds. The normalized spacial score (nSPS) is 19.1. The molecule has 29 heavy (non-hydrogen) atoms. The van der Waals surface area contributed by atoms with Gasteiger partial charge in [-0.15, -0.1) is 0 Å². The average Bonchev–Trinajstić information content (AvgIpc) is 2.64. The number of hydrogen-bond acceptors (Lipinski definition) is 2. The van der Waals surface area contributed by atoms with Crippen LogP contribution in [0.25, 0.3) is 0 Å². The molecule has 0 bridgehead atoms. The van der Waals surface area contributed by atoms with E-state index in [-0.39, 0.29) is 17.1 Å². The van der Waals surface area contributed by atoms with E-state index in [1.165, 1.54) is 44.1 Å². The summed E-state index contributed by atoms with van der Waals surface area (Å²) in [7, 11) is 1.78. The van der Waals surface area contributed by atoms with Gasteiger partial charge in [0.2, 0.25) is 6.29 Å². The van der Waals surface area contributed by atoms with Crippen LogP contribution in [0.15, 0.2) is 24.3 Å². The number of benzene rings is 1. The van der Waals surface area contributed by atoms with Crippen LogP contribution in [-0.4, -0.2) is 13.4 Å². The van der Waals surface area contributed by atoms with Gasteiger partial charge in [0.15, 0.2) is 0 Å². The van der Waals surface area contributed by atoms with Crippen LogP contribution in [0.2, 0.25) is 0 Å². The van der Waals surface area contributed by atoms with Crippen LogP contribution in [0.1, 0.15) is 105 Å². The molecule has 2 rings (SSSR count). The van der Waals surface area contributed by atoms with Crippen molar-refractivity contribution in [1.29, 1.82) is 0 Å². The fourth-order valence-electron chi connectivity index (χ4n) is 4.98. The highest BCUT2D eigenvalue weighted by Crippen LogP contribution is 2.44. The maximum Gasteiger partial charge on any atom is 0.204 e. The second-order valence-electron chi connectivity index (χ2n) is 12.1. The second kappa shape index (κ2) is 9.41. The monoisotopic (exact) mass is 402 g/mol. The molecule has 1 saturated carbocycles. The molecule has 2 nitrogen and oxygen atoms in total. The van der Waals surface area contributed by atoms with Crippen molar-refractivity contribution in [2.24, 2.45) is 22.2 Å². The Labute approximate surface area is 180 Å². The van der Waals surface area contributed by atoms with Crippen molar-refractivity contribution in [3.05, 3.63) is 29.8 Å². The third-order valence-electron chi connectivity index (χ3n) is 6.87. The molecular weight excluding hydrogens is 356 g/mol. The highest BCUT2D eigenvalue weighted by atomic mass is 16.7. The van der Waals surface area contributed by atoms with Gasteiger partial charge >= 0.3 is 0 Å². The van der Waals surface area contributed by atoms with Gasteiger partial charge in [-0.1, -0.05) is 86.8 Å². The molecule has 1 aromatic carbocycles. The fraction of sp³-hybridized carbons (Fsp3) is 0.778. The molecule has 0 aromatic heterocycles. The third kappa shape index (κ3) is 6.74. The Morgan fingerprint density at radius 1 is 0.862 bits per heavy atom. The number of ether oxygens (including phenoxy) is 2. The molecule has 0 aliphatic heterocycles. The van der Waals surface area contributed by atoms with E-state index in [0.29, 0.717) is 17.3 Å². The van der Waals surface area contributed by atoms with Gasteiger partial charge in [0.05, 0.1) is 0 Å². The lowest BCUT2D eigenvalue weighted by Gasteiger charge is -2.41. The summed E-state index contributed by atoms with van der Waals surface area (Å²) in [6.07, 6.45) is 7.57. The Morgan fingerprint density at radius 2 is 1.41 bits per heavy atom. The zero-order chi connectivity index (χ0) is 21.9. The van der Waals surface area contributed by atoms with E-state index in [4.69, 9.17) is 9.47 Å². The van der Waals surface area contributed by atoms with Crippen LogP contribution in [0.5, 0.6) is 5.75 Å². The maximum atomic E-state index is 6.38. The van der Waals surface area contributed by atoms with Crippen LogP contribution in [0.3, 0.4) is 0 Å². The molecule has 0 heterocycles. The number of rotatable bonds is 7. The van der Waals surface area contributed by atoms with Gasteiger partial charge in [-0.2, -0.15) is 0 Å². The van der Waals surface area contributed by atoms with Crippen LogP contribution < -0.4 is 4.74 Å². The Kier molecular flexibility index (Phi) is 7.87. The van der Waals surface area contributed by atoms with Gasteiger partial charge < -0.3 is 9.47 Å². The molecule has 0 saturated heterocycles. The van der Waals surface area contributed by atoms with Crippen molar-refractivity contribution in [2.75, 3.05) is 7.11 Å². The van der Waals surface area contributed by atoms with Crippen molar-refractivity contribution in [3.8, 4) is 5.75 Å². The predicted octanol–water partition coefficient (Wildman–Crippen LogP) is 8.21. The summed E-state index contributed by atoms with van der Waals surface area (Å²) in [6.45, 7) is 18.7. The minimum Gasteiger partial charge on any atom is -0.464 e. The van der Waals surface area contributed by atoms with Crippen molar-refractivity contribution in [1.82, 2.24) is 0 Å². The molecule has 1 aromatic rings. The Hall–Kier alpha value is -1.02. The molecule has 1 fully saturated rings. The molecule has 2 atom stereocenters. The predicted molar refractivity (Wildman–Crippen MR) is 124 cm³/mol. The Morgan fingerprint density at radius 3 is 1.86 bits per heavy atom. The van der Waals surface area contributed by atoms with E-state index < -0.39 is 0 Å². The van der Waals surface area contributed by atoms with Crippen molar-refractivity contribution in [3.63, 3.8) is 0 Å². The minimum atomic E-state index is -0.218. The first kappa shape index (κ1) is 24.3. The first-order valence-corrected chi connectivity index (χ1v) is 11.6. The summed E-state index contributed by atoms with van der Waals surface area (Å²) >= 11 is 0. The highest BCUT2D eigenvalue weighted by molar-refractivity contribution is 5.31. The van der Waals surface area contributed by atoms with Crippen molar-refractivity contribution in [2.45, 2.75) is 106 Å². The van der Waals surface area contributed by atoms with Gasteiger partial charge in [0.25, 0.3) is 0 Å². The number of hydrogen-bond donors (Lipinski definition) is 0. The first-order chi connectivity index (χ1) is 13.3. The summed E-state index contributed by atoms with van der Waals surface area (Å²) in [4.78, 5) is 0. The summed E-state index contributed by atoms with van der Waals surface area (Å²) < 4.78 is 12.2. The van der Waals surface area contributed by atoms with Gasteiger partial charge in [0.1, 0.15) is 5.75 Å². The highest BCUT2D eigenvalue weighted by Gasteiger charge is 2.40. The van der Waals surface area contributed by atoms with Gasteiger partial charge in [-0.3, -0.25) is 0 Å². The molecule has 2 unspecified atom stereocenters. The second-order valence-corrected chi connectivity index (χ2v) is 12.1. The SMILES string of the molecule is COC(Oc1ccc(C(CC(C)(C)C)C(C)(C)C)cc1)C(C)(C)C1CCCCC1. The number of methoxy groups -OCH3 is 1. The zero-order valence-corrected chi connectivity index (χ0v) is 20.6. The minimum absolute atomic E-state index is 0.00796. The zero-order valence-electron chi connectivity index (χ0n) is 20.6. The van der Waals surface area contributed by atoms with Gasteiger partial charge in [-0.25, -0.2) is 0 Å². The van der Waals surface area contributed by atoms with Crippen LogP contribution >= 0.6 is 0 Å². The van der Waals surface area contributed by atoms with Crippen molar-refractivity contribution >= 4 is 0 Å². The first-order valence-electron chi connectivity index (χ1n) is 11.6. The van der Waals surface area contributed by atoms with E-state index in [1.54, 1.807) is 7.11 Å². The molecule has 0 radical (unpaired) electrons. The quantitative estimate of drug-likeness (QED) is 0.428. The lowest BCUT2D eigenvalue weighted by molar-refractivity contribution is -0.151. The standard InChI is InChI=1S/C27H46O2/c1-25(2,3)19-23(26(4,5)6)20-15-17-22(18-16-20)29-24(28-9)27(7,8)21-13-11-10-12-14-21/h15-18,21,23-24H,10-14,19H2,1-9H3. The molecule has 0 N–H and O–H groups in total. The summed E-state index contributed by atoms with van der Waals surface area (Å²) in [5, 5.41) is 0. The van der Waals surface area contributed by atoms with Crippen molar-refractivity contribution < 1.29 is 9.47 Å². The van der Waals surface area contributed by atoms with E-state index in [9.17, 15) is 0 Å². The fourth-order valence-corrected chi connectivity index (χ4v) is 4.98. The topological polar surface area (TPSA) is 18.5 Å². The maximum absolute atomic E-state index is 6.38. The molecule has 166 valence electrons. The van der Waals surface area contributed by atoms with Gasteiger partial charge in [0, 0.05) is 12.5 Å². The smallest absolute Gasteiger partial charge is 0.204 e. The van der Waals surface area contributed by atoms with Gasteiger partial charge in [-0.05, 0) is 59.6 Å². The lowest BCUT2D eigenvalue weighted by atomic mass is 9.69. The van der Waals surface area contributed by atoms with E-state index in [2.05, 4.69) is 79.7 Å². The lowest BCUT2D eigenvalue weighted by Crippen LogP contribution is -2.42. The van der Waals surface area contributed by atoms with Crippen LogP contribution in [0.4, 0.5) is 0 Å². The average molecular weight is 403 g/mol. The summed E-state index contributed by atoms with van der Waals surface area (Å²) in [5.41, 5.74) is 1.94. The van der Waals surface area contributed by atoms with Crippen LogP contribution in [-0.2, 0) is 4.74 Å². The Bertz CT molecular complexity index is 609. The molecule has 0 spiro atoms. The summed E-state index contributed by atoms with van der Waals surface area (Å²) in [5.74, 6) is 2.10. The molecule has 2 heteroatoms. The van der Waals surface area contributed by atoms with E-state index in [0.717, 1.165) is 5.75 Å².